The van der Waals surface area contributed by atoms with Crippen molar-refractivity contribution in [3.05, 3.63) is 24.3 Å². The van der Waals surface area contributed by atoms with Gasteiger partial charge in [-0.1, -0.05) is 36.1 Å². The second-order valence-electron chi connectivity index (χ2n) is 5.16. The fraction of sp³-hybridized carbons (Fsp3) is 0.438. The predicted molar refractivity (Wildman–Crippen MR) is 104 cm³/mol. The minimum atomic E-state index is -0.435. The summed E-state index contributed by atoms with van der Waals surface area (Å²) in [6.07, 6.45) is 4.22. The molecule has 24 heavy (non-hydrogen) atoms. The summed E-state index contributed by atoms with van der Waals surface area (Å²) < 4.78 is 5.73. The molecular weight excluding hydrogens is 364 g/mol. The van der Waals surface area contributed by atoms with Gasteiger partial charge in [0.05, 0.1) is 11.4 Å². The van der Waals surface area contributed by atoms with E-state index in [0.717, 1.165) is 40.8 Å². The van der Waals surface area contributed by atoms with Gasteiger partial charge in [-0.2, -0.15) is 0 Å². The van der Waals surface area contributed by atoms with E-state index in [-0.39, 0.29) is 18.3 Å². The summed E-state index contributed by atoms with van der Waals surface area (Å²) in [6.45, 7) is 1.62. The zero-order valence-corrected chi connectivity index (χ0v) is 15.9. The molecule has 1 aliphatic heterocycles. The normalized spacial score (nSPS) is 13.6. The molecule has 1 aromatic rings. The average Bonchev–Trinajstić information content (AvgIpc) is 3.13. The van der Waals surface area contributed by atoms with Crippen molar-refractivity contribution in [1.29, 1.82) is 0 Å². The number of carbonyl (C=O) groups is 2. The molecule has 0 atom stereocenters. The number of nitrogens with one attached hydrogen (secondary N) is 1. The average molecular weight is 385 g/mol. The second-order valence-corrected chi connectivity index (χ2v) is 7.62. The maximum atomic E-state index is 11.9. The topological polar surface area (TPSA) is 58.6 Å². The molecule has 8 heteroatoms. The Morgan fingerprint density at radius 3 is 2.71 bits per heavy atom. The van der Waals surface area contributed by atoms with Gasteiger partial charge in [-0.05, 0) is 31.2 Å². The Balaban J connectivity index is 1.69. The summed E-state index contributed by atoms with van der Waals surface area (Å²) in [6, 6.07) is 7.48. The predicted octanol–water partition coefficient (Wildman–Crippen LogP) is 3.00. The van der Waals surface area contributed by atoms with E-state index >= 15 is 0 Å². The quantitative estimate of drug-likeness (QED) is 0.460. The number of benzene rings is 1. The smallest absolute Gasteiger partial charge is 0.316 e. The summed E-state index contributed by atoms with van der Waals surface area (Å²) >= 11 is 8.11. The molecular formula is C16H20N2O3S3. The minimum absolute atomic E-state index is 0.129. The minimum Gasteiger partial charge on any atom is -0.455 e. The monoisotopic (exact) mass is 384 g/mol. The highest BCUT2D eigenvalue weighted by Crippen LogP contribution is 2.24. The first-order valence-corrected chi connectivity index (χ1v) is 10.2. The number of amides is 1. The van der Waals surface area contributed by atoms with Crippen molar-refractivity contribution in [2.24, 2.45) is 0 Å². The number of anilines is 1. The molecule has 1 N–H and O–H groups in total. The SMILES string of the molecule is CSc1ccccc1NC(=O)COC(=O)CSC(=S)N1CCCC1. The summed E-state index contributed by atoms with van der Waals surface area (Å²) in [5.41, 5.74) is 0.718. The molecule has 0 aliphatic carbocycles. The first-order valence-electron chi connectivity index (χ1n) is 7.60. The number of rotatable bonds is 6. The third-order valence-corrected chi connectivity index (χ3v) is 5.72. The van der Waals surface area contributed by atoms with Crippen LogP contribution in [0.25, 0.3) is 0 Å². The number of likely N-dealkylation sites (tertiary alicyclic amines) is 1. The summed E-state index contributed by atoms with van der Waals surface area (Å²) in [5, 5.41) is 2.75. The number of thiocarbonyl (C=S) groups is 1. The van der Waals surface area contributed by atoms with Gasteiger partial charge in [0, 0.05) is 18.0 Å². The summed E-state index contributed by atoms with van der Waals surface area (Å²) in [4.78, 5) is 26.7. The molecule has 0 saturated carbocycles. The first kappa shape index (κ1) is 19.1. The lowest BCUT2D eigenvalue weighted by molar-refractivity contribution is -0.144. The lowest BCUT2D eigenvalue weighted by Gasteiger charge is -2.17. The fourth-order valence-corrected chi connectivity index (χ4v) is 3.84. The van der Waals surface area contributed by atoms with Gasteiger partial charge in [0.15, 0.2) is 6.61 Å². The highest BCUT2D eigenvalue weighted by molar-refractivity contribution is 8.23. The van der Waals surface area contributed by atoms with Crippen LogP contribution in [-0.4, -0.2) is 52.8 Å². The van der Waals surface area contributed by atoms with Crippen LogP contribution in [0.3, 0.4) is 0 Å². The number of hydrogen-bond acceptors (Lipinski definition) is 6. The maximum absolute atomic E-state index is 11.9. The third kappa shape index (κ3) is 5.99. The van der Waals surface area contributed by atoms with Crippen LogP contribution in [0.1, 0.15) is 12.8 Å². The van der Waals surface area contributed by atoms with Crippen LogP contribution >= 0.6 is 35.7 Å². The van der Waals surface area contributed by atoms with Crippen molar-refractivity contribution >= 4 is 57.6 Å². The molecule has 0 unspecified atom stereocenters. The van der Waals surface area contributed by atoms with Crippen LogP contribution in [0.4, 0.5) is 5.69 Å². The third-order valence-electron chi connectivity index (χ3n) is 3.42. The van der Waals surface area contributed by atoms with Gasteiger partial charge >= 0.3 is 5.97 Å². The molecule has 0 spiro atoms. The molecule has 0 radical (unpaired) electrons. The van der Waals surface area contributed by atoms with Crippen molar-refractivity contribution in [2.75, 3.05) is 37.0 Å². The zero-order chi connectivity index (χ0) is 17.4. The Kier molecular flexibility index (Phi) is 7.87. The van der Waals surface area contributed by atoms with E-state index in [1.165, 1.54) is 11.8 Å². The Labute approximate surface area is 155 Å². The van der Waals surface area contributed by atoms with Crippen LogP contribution in [0.2, 0.25) is 0 Å². The summed E-state index contributed by atoms with van der Waals surface area (Å²) in [5.74, 6) is -0.656. The van der Waals surface area contributed by atoms with Crippen molar-refractivity contribution < 1.29 is 14.3 Å². The Morgan fingerprint density at radius 1 is 1.29 bits per heavy atom. The van der Waals surface area contributed by atoms with Crippen LogP contribution in [0.5, 0.6) is 0 Å². The van der Waals surface area contributed by atoms with Crippen LogP contribution < -0.4 is 5.32 Å². The number of ether oxygens (including phenoxy) is 1. The lowest BCUT2D eigenvalue weighted by Crippen LogP contribution is -2.25. The molecule has 5 nitrogen and oxygen atoms in total. The number of thioether (sulfide) groups is 2. The number of hydrogen-bond donors (Lipinski definition) is 1. The van der Waals surface area contributed by atoms with Crippen LogP contribution in [-0.2, 0) is 14.3 Å². The van der Waals surface area contributed by atoms with Gasteiger partial charge in [0.1, 0.15) is 4.32 Å². The molecule has 0 aromatic heterocycles. The van der Waals surface area contributed by atoms with Crippen molar-refractivity contribution in [3.8, 4) is 0 Å². The maximum Gasteiger partial charge on any atom is 0.316 e. The van der Waals surface area contributed by atoms with Gasteiger partial charge in [0.2, 0.25) is 0 Å². The standard InChI is InChI=1S/C16H20N2O3S3/c1-23-13-7-3-2-6-12(13)17-14(19)10-21-15(20)11-24-16(22)18-8-4-5-9-18/h2-3,6-7H,4-5,8-11H2,1H3,(H,17,19). The van der Waals surface area contributed by atoms with Crippen LogP contribution in [0.15, 0.2) is 29.2 Å². The highest BCUT2D eigenvalue weighted by atomic mass is 32.2. The molecule has 1 heterocycles. The molecule has 1 amide bonds. The van der Waals surface area contributed by atoms with E-state index in [0.29, 0.717) is 0 Å². The molecule has 0 bridgehead atoms. The van der Waals surface area contributed by atoms with E-state index in [4.69, 9.17) is 17.0 Å². The first-order chi connectivity index (χ1) is 11.6. The molecule has 130 valence electrons. The zero-order valence-electron chi connectivity index (χ0n) is 13.4. The number of carbonyl (C=O) groups excluding carboxylic acids is 2. The molecule has 1 fully saturated rings. The summed E-state index contributed by atoms with van der Waals surface area (Å²) in [7, 11) is 0. The Morgan fingerprint density at radius 2 is 2.00 bits per heavy atom. The van der Waals surface area contributed by atoms with Crippen molar-refractivity contribution in [2.45, 2.75) is 17.7 Å². The number of esters is 1. The van der Waals surface area contributed by atoms with Gasteiger partial charge in [-0.15, -0.1) is 11.8 Å². The fourth-order valence-electron chi connectivity index (χ4n) is 2.23. The highest BCUT2D eigenvalue weighted by Gasteiger charge is 2.17. The van der Waals surface area contributed by atoms with E-state index in [1.807, 2.05) is 30.5 Å². The van der Waals surface area contributed by atoms with Crippen LogP contribution in [0, 0.1) is 0 Å². The van der Waals surface area contributed by atoms with Gasteiger partial charge in [0.25, 0.3) is 5.91 Å². The number of nitrogens with zero attached hydrogens (tertiary/aromatic N) is 1. The number of para-hydroxylation sites is 1. The second kappa shape index (κ2) is 9.90. The molecule has 2 rings (SSSR count). The van der Waals surface area contributed by atoms with Gasteiger partial charge < -0.3 is 15.0 Å². The molecule has 1 saturated heterocycles. The van der Waals surface area contributed by atoms with E-state index in [1.54, 1.807) is 11.8 Å². The lowest BCUT2D eigenvalue weighted by atomic mass is 10.3. The largest absolute Gasteiger partial charge is 0.455 e. The molecule has 1 aliphatic rings. The van der Waals surface area contributed by atoms with E-state index in [2.05, 4.69) is 10.2 Å². The molecule has 1 aromatic carbocycles. The Bertz CT molecular complexity index is 604. The van der Waals surface area contributed by atoms with Gasteiger partial charge in [-0.25, -0.2) is 0 Å². The van der Waals surface area contributed by atoms with Crippen molar-refractivity contribution in [1.82, 2.24) is 4.90 Å². The Hall–Kier alpha value is -1.25. The van der Waals surface area contributed by atoms with E-state index in [9.17, 15) is 9.59 Å². The van der Waals surface area contributed by atoms with E-state index < -0.39 is 5.97 Å². The van der Waals surface area contributed by atoms with Gasteiger partial charge in [-0.3, -0.25) is 9.59 Å². The van der Waals surface area contributed by atoms with Crippen molar-refractivity contribution in [3.63, 3.8) is 0 Å².